The van der Waals surface area contributed by atoms with E-state index in [-0.39, 0.29) is 10.9 Å². The number of benzene rings is 1. The minimum Gasteiger partial charge on any atom is -0.379 e. The maximum atomic E-state index is 12.6. The summed E-state index contributed by atoms with van der Waals surface area (Å²) < 4.78 is 31.7. The third-order valence-corrected chi connectivity index (χ3v) is 6.34. The van der Waals surface area contributed by atoms with Crippen molar-refractivity contribution in [1.82, 2.24) is 14.9 Å². The second-order valence-electron chi connectivity index (χ2n) is 6.45. The number of rotatable bonds is 7. The molecule has 1 fully saturated rings. The first-order chi connectivity index (χ1) is 12.8. The highest BCUT2D eigenvalue weighted by molar-refractivity contribution is 7.89. The van der Waals surface area contributed by atoms with Crippen molar-refractivity contribution in [3.05, 3.63) is 29.8 Å². The SMILES string of the molecule is CCC(C)NC(=O)C(=O)NCCc1ccc(S(=O)(=O)N2CCOCC2)cc1. The molecule has 1 aromatic carbocycles. The molecule has 0 bridgehead atoms. The topological polar surface area (TPSA) is 105 Å². The molecule has 1 aromatic rings. The zero-order valence-corrected chi connectivity index (χ0v) is 16.5. The molecule has 1 saturated heterocycles. The van der Waals surface area contributed by atoms with Gasteiger partial charge >= 0.3 is 11.8 Å². The largest absolute Gasteiger partial charge is 0.379 e. The van der Waals surface area contributed by atoms with Crippen molar-refractivity contribution in [2.45, 2.75) is 37.6 Å². The van der Waals surface area contributed by atoms with E-state index < -0.39 is 21.8 Å². The van der Waals surface area contributed by atoms with Gasteiger partial charge in [0.05, 0.1) is 18.1 Å². The molecule has 27 heavy (non-hydrogen) atoms. The fourth-order valence-corrected chi connectivity index (χ4v) is 3.96. The summed E-state index contributed by atoms with van der Waals surface area (Å²) in [5.41, 5.74) is 0.874. The van der Waals surface area contributed by atoms with Crippen molar-refractivity contribution < 1.29 is 22.7 Å². The molecule has 1 atom stereocenters. The normalized spacial score (nSPS) is 16.5. The number of sulfonamides is 1. The quantitative estimate of drug-likeness (QED) is 0.643. The highest BCUT2D eigenvalue weighted by Crippen LogP contribution is 2.17. The molecule has 8 nitrogen and oxygen atoms in total. The number of morpholine rings is 1. The Balaban J connectivity index is 1.85. The Morgan fingerprint density at radius 3 is 2.37 bits per heavy atom. The second kappa shape index (κ2) is 9.82. The van der Waals surface area contributed by atoms with Crippen LogP contribution in [0.4, 0.5) is 0 Å². The van der Waals surface area contributed by atoms with Crippen LogP contribution in [0.15, 0.2) is 29.2 Å². The van der Waals surface area contributed by atoms with Gasteiger partial charge in [0.1, 0.15) is 0 Å². The third kappa shape index (κ3) is 6.02. The van der Waals surface area contributed by atoms with E-state index in [1.807, 2.05) is 13.8 Å². The predicted molar refractivity (Wildman–Crippen MR) is 101 cm³/mol. The zero-order chi connectivity index (χ0) is 19.9. The summed E-state index contributed by atoms with van der Waals surface area (Å²) >= 11 is 0. The lowest BCUT2D eigenvalue weighted by molar-refractivity contribution is -0.139. The number of hydrogen-bond donors (Lipinski definition) is 2. The summed E-state index contributed by atoms with van der Waals surface area (Å²) in [5.74, 6) is -1.31. The molecule has 0 radical (unpaired) electrons. The minimum atomic E-state index is -3.51. The standard InChI is InChI=1S/C18H27N3O5S/c1-3-14(2)20-18(23)17(22)19-9-8-15-4-6-16(7-5-15)27(24,25)21-10-12-26-13-11-21/h4-7,14H,3,8-13H2,1-2H3,(H,19,22)(H,20,23). The number of nitrogens with one attached hydrogen (secondary N) is 2. The van der Waals surface area contributed by atoms with Crippen molar-refractivity contribution in [2.24, 2.45) is 0 Å². The lowest BCUT2D eigenvalue weighted by Crippen LogP contribution is -2.43. The first kappa shape index (κ1) is 21.3. The highest BCUT2D eigenvalue weighted by Gasteiger charge is 2.26. The number of ether oxygens (including phenoxy) is 1. The third-order valence-electron chi connectivity index (χ3n) is 4.43. The summed E-state index contributed by atoms with van der Waals surface area (Å²) in [4.78, 5) is 23.6. The Bertz CT molecular complexity index is 743. The van der Waals surface area contributed by atoms with E-state index in [0.717, 1.165) is 12.0 Å². The summed E-state index contributed by atoms with van der Waals surface area (Å²) in [6.07, 6.45) is 1.25. The molecule has 1 aliphatic heterocycles. The van der Waals surface area contributed by atoms with Crippen LogP contribution in [-0.2, 0) is 30.8 Å². The molecule has 2 N–H and O–H groups in total. The number of carbonyl (C=O) groups excluding carboxylic acids is 2. The van der Waals surface area contributed by atoms with Gasteiger partial charge in [0.2, 0.25) is 10.0 Å². The van der Waals surface area contributed by atoms with Crippen LogP contribution in [0.3, 0.4) is 0 Å². The molecule has 1 heterocycles. The van der Waals surface area contributed by atoms with Gasteiger partial charge in [-0.15, -0.1) is 0 Å². The molecule has 2 amide bonds. The molecular formula is C18H27N3O5S. The Morgan fingerprint density at radius 1 is 1.15 bits per heavy atom. The van der Waals surface area contributed by atoms with Gasteiger partial charge in [0.25, 0.3) is 0 Å². The van der Waals surface area contributed by atoms with E-state index >= 15 is 0 Å². The number of amides is 2. The van der Waals surface area contributed by atoms with Crippen LogP contribution in [0.5, 0.6) is 0 Å². The van der Waals surface area contributed by atoms with E-state index in [2.05, 4.69) is 10.6 Å². The van der Waals surface area contributed by atoms with Crippen LogP contribution in [0.2, 0.25) is 0 Å². The van der Waals surface area contributed by atoms with Crippen LogP contribution in [0.25, 0.3) is 0 Å². The molecule has 2 rings (SSSR count). The average Bonchev–Trinajstić information content (AvgIpc) is 2.68. The van der Waals surface area contributed by atoms with Crippen molar-refractivity contribution in [3.8, 4) is 0 Å². The molecule has 0 spiro atoms. The molecule has 150 valence electrons. The second-order valence-corrected chi connectivity index (χ2v) is 8.39. The van der Waals surface area contributed by atoms with Crippen molar-refractivity contribution in [2.75, 3.05) is 32.8 Å². The van der Waals surface area contributed by atoms with E-state index in [9.17, 15) is 18.0 Å². The fourth-order valence-electron chi connectivity index (χ4n) is 2.56. The van der Waals surface area contributed by atoms with Crippen LogP contribution in [0, 0.1) is 0 Å². The minimum absolute atomic E-state index is 0.0517. The van der Waals surface area contributed by atoms with Crippen molar-refractivity contribution >= 4 is 21.8 Å². The lowest BCUT2D eigenvalue weighted by Gasteiger charge is -2.26. The van der Waals surface area contributed by atoms with Gasteiger partial charge in [-0.25, -0.2) is 8.42 Å². The Kier molecular flexibility index (Phi) is 7.76. The summed E-state index contributed by atoms with van der Waals surface area (Å²) in [5, 5.41) is 5.17. The maximum Gasteiger partial charge on any atom is 0.309 e. The molecule has 0 aromatic heterocycles. The number of nitrogens with zero attached hydrogens (tertiary/aromatic N) is 1. The van der Waals surface area contributed by atoms with Crippen LogP contribution < -0.4 is 10.6 Å². The lowest BCUT2D eigenvalue weighted by atomic mass is 10.1. The molecule has 0 aliphatic carbocycles. The average molecular weight is 397 g/mol. The summed E-state index contributed by atoms with van der Waals surface area (Å²) in [6, 6.07) is 6.52. The van der Waals surface area contributed by atoms with Gasteiger partial charge in [0.15, 0.2) is 0 Å². The van der Waals surface area contributed by atoms with Gasteiger partial charge < -0.3 is 15.4 Å². The molecule has 1 unspecified atom stereocenters. The van der Waals surface area contributed by atoms with Gasteiger partial charge in [-0.2, -0.15) is 4.31 Å². The first-order valence-electron chi connectivity index (χ1n) is 9.10. The highest BCUT2D eigenvalue weighted by atomic mass is 32.2. The summed E-state index contributed by atoms with van der Waals surface area (Å²) in [7, 11) is -3.51. The van der Waals surface area contributed by atoms with Crippen LogP contribution in [-0.4, -0.2) is 63.4 Å². The van der Waals surface area contributed by atoms with Gasteiger partial charge in [-0.3, -0.25) is 9.59 Å². The Labute approximate surface area is 160 Å². The predicted octanol–water partition coefficient (Wildman–Crippen LogP) is 0.281. The van der Waals surface area contributed by atoms with Crippen LogP contribution in [0.1, 0.15) is 25.8 Å². The first-order valence-corrected chi connectivity index (χ1v) is 10.5. The summed E-state index contributed by atoms with van der Waals surface area (Å²) in [6.45, 7) is 5.57. The van der Waals surface area contributed by atoms with Crippen molar-refractivity contribution in [3.63, 3.8) is 0 Å². The van der Waals surface area contributed by atoms with Gasteiger partial charge in [0, 0.05) is 25.7 Å². The van der Waals surface area contributed by atoms with Crippen molar-refractivity contribution in [1.29, 1.82) is 0 Å². The van der Waals surface area contributed by atoms with Gasteiger partial charge in [-0.1, -0.05) is 19.1 Å². The molecular weight excluding hydrogens is 370 g/mol. The Hall–Kier alpha value is -1.97. The molecule has 1 aliphatic rings. The van der Waals surface area contributed by atoms with Gasteiger partial charge in [-0.05, 0) is 37.5 Å². The fraction of sp³-hybridized carbons (Fsp3) is 0.556. The van der Waals surface area contributed by atoms with E-state index in [1.165, 1.54) is 4.31 Å². The number of hydrogen-bond acceptors (Lipinski definition) is 5. The van der Waals surface area contributed by atoms with E-state index in [1.54, 1.807) is 24.3 Å². The van der Waals surface area contributed by atoms with E-state index in [0.29, 0.717) is 39.3 Å². The Morgan fingerprint density at radius 2 is 1.78 bits per heavy atom. The zero-order valence-electron chi connectivity index (χ0n) is 15.7. The number of carbonyl (C=O) groups is 2. The molecule has 0 saturated carbocycles. The van der Waals surface area contributed by atoms with E-state index in [4.69, 9.17) is 4.74 Å². The van der Waals surface area contributed by atoms with Crippen LogP contribution >= 0.6 is 0 Å². The smallest absolute Gasteiger partial charge is 0.309 e. The monoisotopic (exact) mass is 397 g/mol. The molecule has 9 heteroatoms. The maximum absolute atomic E-state index is 12.6.